The molecule has 0 fully saturated rings. The fourth-order valence-electron chi connectivity index (χ4n) is 1.65. The average Bonchev–Trinajstić information content (AvgIpc) is 2.27. The van der Waals surface area contributed by atoms with E-state index in [9.17, 15) is 17.6 Å². The molecule has 0 bridgehead atoms. The van der Waals surface area contributed by atoms with Crippen molar-refractivity contribution in [1.82, 2.24) is 4.90 Å². The van der Waals surface area contributed by atoms with Crippen molar-refractivity contribution in [1.29, 1.82) is 0 Å². The van der Waals surface area contributed by atoms with Gasteiger partial charge in [-0.15, -0.1) is 0 Å². The molecule has 102 valence electrons. The van der Waals surface area contributed by atoms with Crippen LogP contribution in [0.1, 0.15) is 5.56 Å². The second-order valence-electron chi connectivity index (χ2n) is 4.30. The first kappa shape index (κ1) is 14.9. The first-order chi connectivity index (χ1) is 8.32. The van der Waals surface area contributed by atoms with Crippen LogP contribution < -0.4 is 5.73 Å². The van der Waals surface area contributed by atoms with E-state index in [1.165, 1.54) is 17.0 Å². The summed E-state index contributed by atoms with van der Waals surface area (Å²) in [6.45, 7) is -0.276. The lowest BCUT2D eigenvalue weighted by atomic mass is 10.1. The first-order valence-corrected chi connectivity index (χ1v) is 5.52. The molecule has 1 aromatic rings. The van der Waals surface area contributed by atoms with Gasteiger partial charge in [-0.3, -0.25) is 0 Å². The van der Waals surface area contributed by atoms with Gasteiger partial charge in [-0.1, -0.05) is 12.1 Å². The molecule has 2 N–H and O–H groups in total. The summed E-state index contributed by atoms with van der Waals surface area (Å²) in [5.41, 5.74) is 5.89. The summed E-state index contributed by atoms with van der Waals surface area (Å²) in [5.74, 6) is -1.90. The van der Waals surface area contributed by atoms with Crippen LogP contribution in [0.5, 0.6) is 0 Å². The molecule has 0 saturated carbocycles. The van der Waals surface area contributed by atoms with Gasteiger partial charge in [0, 0.05) is 19.6 Å². The highest BCUT2D eigenvalue weighted by Gasteiger charge is 2.38. The molecule has 0 aliphatic heterocycles. The van der Waals surface area contributed by atoms with Crippen LogP contribution >= 0.6 is 0 Å². The molecule has 1 unspecified atom stereocenters. The molecule has 18 heavy (non-hydrogen) atoms. The van der Waals surface area contributed by atoms with Gasteiger partial charge >= 0.3 is 6.18 Å². The van der Waals surface area contributed by atoms with Crippen molar-refractivity contribution < 1.29 is 17.6 Å². The third-order valence-electron chi connectivity index (χ3n) is 2.65. The predicted molar refractivity (Wildman–Crippen MR) is 61.3 cm³/mol. The summed E-state index contributed by atoms with van der Waals surface area (Å²) in [7, 11) is 1.58. The number of hydrogen-bond donors (Lipinski definition) is 1. The van der Waals surface area contributed by atoms with Gasteiger partial charge in [0.05, 0.1) is 5.92 Å². The van der Waals surface area contributed by atoms with Crippen LogP contribution in [0.25, 0.3) is 0 Å². The Morgan fingerprint density at radius 3 is 2.22 bits per heavy atom. The molecule has 0 spiro atoms. The minimum atomic E-state index is -4.29. The Kier molecular flexibility index (Phi) is 5.10. The topological polar surface area (TPSA) is 29.3 Å². The van der Waals surface area contributed by atoms with Crippen molar-refractivity contribution in [2.75, 3.05) is 20.1 Å². The largest absolute Gasteiger partial charge is 0.394 e. The summed E-state index contributed by atoms with van der Waals surface area (Å²) < 4.78 is 50.2. The number of hydrogen-bond acceptors (Lipinski definition) is 2. The highest BCUT2D eigenvalue weighted by molar-refractivity contribution is 5.15. The zero-order valence-electron chi connectivity index (χ0n) is 10.0. The molecule has 0 aliphatic rings. The van der Waals surface area contributed by atoms with Gasteiger partial charge in [-0.25, -0.2) is 4.39 Å². The summed E-state index contributed by atoms with van der Waals surface area (Å²) in [5, 5.41) is 0. The SMILES string of the molecule is CN(Cc1ccc(F)cc1)CC(CN)C(F)(F)F. The third kappa shape index (κ3) is 4.62. The molecule has 0 heterocycles. The van der Waals surface area contributed by atoms with Gasteiger partial charge in [0.25, 0.3) is 0 Å². The minimum Gasteiger partial charge on any atom is -0.330 e. The van der Waals surface area contributed by atoms with Crippen molar-refractivity contribution in [3.63, 3.8) is 0 Å². The van der Waals surface area contributed by atoms with Crippen molar-refractivity contribution in [3.8, 4) is 0 Å². The minimum absolute atomic E-state index is 0.169. The quantitative estimate of drug-likeness (QED) is 0.827. The lowest BCUT2D eigenvalue weighted by molar-refractivity contribution is -0.175. The maximum atomic E-state index is 12.7. The number of rotatable bonds is 5. The van der Waals surface area contributed by atoms with E-state index in [2.05, 4.69) is 0 Å². The maximum Gasteiger partial charge on any atom is 0.394 e. The van der Waals surface area contributed by atoms with Crippen LogP contribution in [0.2, 0.25) is 0 Å². The van der Waals surface area contributed by atoms with E-state index >= 15 is 0 Å². The zero-order chi connectivity index (χ0) is 13.8. The highest BCUT2D eigenvalue weighted by atomic mass is 19.4. The maximum absolute atomic E-state index is 12.7. The molecule has 0 aliphatic carbocycles. The highest BCUT2D eigenvalue weighted by Crippen LogP contribution is 2.26. The lowest BCUT2D eigenvalue weighted by Crippen LogP contribution is -2.39. The number of benzene rings is 1. The molecule has 0 radical (unpaired) electrons. The monoisotopic (exact) mass is 264 g/mol. The van der Waals surface area contributed by atoms with E-state index in [4.69, 9.17) is 5.73 Å². The van der Waals surface area contributed by atoms with Gasteiger partial charge in [-0.05, 0) is 24.7 Å². The summed E-state index contributed by atoms with van der Waals surface area (Å²) in [6.07, 6.45) is -4.29. The van der Waals surface area contributed by atoms with E-state index < -0.39 is 18.6 Å². The molecular weight excluding hydrogens is 248 g/mol. The van der Waals surface area contributed by atoms with Crippen LogP contribution in [-0.4, -0.2) is 31.2 Å². The van der Waals surface area contributed by atoms with Crippen molar-refractivity contribution in [2.45, 2.75) is 12.7 Å². The molecule has 1 aromatic carbocycles. The molecule has 1 atom stereocenters. The average molecular weight is 264 g/mol. The number of halogens is 4. The summed E-state index contributed by atoms with van der Waals surface area (Å²) in [4.78, 5) is 1.53. The smallest absolute Gasteiger partial charge is 0.330 e. The second kappa shape index (κ2) is 6.15. The molecule has 2 nitrogen and oxygen atoms in total. The van der Waals surface area contributed by atoms with Crippen LogP contribution in [0.4, 0.5) is 17.6 Å². The predicted octanol–water partition coefficient (Wildman–Crippen LogP) is 2.39. The van der Waals surface area contributed by atoms with Gasteiger partial charge in [0.2, 0.25) is 0 Å². The van der Waals surface area contributed by atoms with Crippen molar-refractivity contribution >= 4 is 0 Å². The zero-order valence-corrected chi connectivity index (χ0v) is 10.0. The molecule has 0 aromatic heterocycles. The Morgan fingerprint density at radius 1 is 1.22 bits per heavy atom. The van der Waals surface area contributed by atoms with E-state index in [-0.39, 0.29) is 12.4 Å². The summed E-state index contributed by atoms with van der Waals surface area (Å²) >= 11 is 0. The van der Waals surface area contributed by atoms with Crippen molar-refractivity contribution in [2.24, 2.45) is 11.7 Å². The van der Waals surface area contributed by atoms with Gasteiger partial charge in [0.15, 0.2) is 0 Å². The number of alkyl halides is 3. The lowest BCUT2D eigenvalue weighted by Gasteiger charge is -2.24. The van der Waals surface area contributed by atoms with Crippen LogP contribution in [0.3, 0.4) is 0 Å². The molecule has 6 heteroatoms. The Balaban J connectivity index is 2.55. The Bertz CT molecular complexity index is 361. The van der Waals surface area contributed by atoms with Gasteiger partial charge in [-0.2, -0.15) is 13.2 Å². The Labute approximate surface area is 103 Å². The molecular formula is C12H16F4N2. The Hall–Kier alpha value is -1.14. The standard InChI is InChI=1S/C12H16F4N2/c1-18(8-10(6-17)12(14,15)16)7-9-2-4-11(13)5-3-9/h2-5,10H,6-8,17H2,1H3. The van der Waals surface area contributed by atoms with Gasteiger partial charge < -0.3 is 10.6 Å². The van der Waals surface area contributed by atoms with Crippen LogP contribution in [-0.2, 0) is 6.54 Å². The van der Waals surface area contributed by atoms with E-state index in [1.54, 1.807) is 19.2 Å². The van der Waals surface area contributed by atoms with E-state index in [1.807, 2.05) is 0 Å². The van der Waals surface area contributed by atoms with Crippen LogP contribution in [0, 0.1) is 11.7 Å². The fraction of sp³-hybridized carbons (Fsp3) is 0.500. The number of nitrogens with zero attached hydrogens (tertiary/aromatic N) is 1. The molecule has 1 rings (SSSR count). The fourth-order valence-corrected chi connectivity index (χ4v) is 1.65. The van der Waals surface area contributed by atoms with Gasteiger partial charge in [0.1, 0.15) is 5.82 Å². The Morgan fingerprint density at radius 2 is 1.78 bits per heavy atom. The molecule has 0 saturated heterocycles. The van der Waals surface area contributed by atoms with Crippen LogP contribution in [0.15, 0.2) is 24.3 Å². The molecule has 0 amide bonds. The summed E-state index contributed by atoms with van der Waals surface area (Å²) in [6, 6.07) is 5.68. The van der Waals surface area contributed by atoms with Crippen molar-refractivity contribution in [3.05, 3.63) is 35.6 Å². The van der Waals surface area contributed by atoms with E-state index in [0.717, 1.165) is 5.56 Å². The normalized spacial score (nSPS) is 13.9. The third-order valence-corrected chi connectivity index (χ3v) is 2.65. The number of nitrogens with two attached hydrogens (primary N) is 1. The van der Waals surface area contributed by atoms with E-state index in [0.29, 0.717) is 6.54 Å². The first-order valence-electron chi connectivity index (χ1n) is 5.52. The second-order valence-corrected chi connectivity index (χ2v) is 4.30.